The molecule has 0 N–H and O–H groups in total. The van der Waals surface area contributed by atoms with Crippen LogP contribution in [0.5, 0.6) is 5.75 Å². The van der Waals surface area contributed by atoms with Crippen molar-refractivity contribution in [1.82, 2.24) is 0 Å². The van der Waals surface area contributed by atoms with E-state index in [1.54, 1.807) is 0 Å². The molecular weight excluding hydrogens is 384 g/mol. The smallest absolute Gasteiger partial charge is 0.344 e. The number of ether oxygens (including phenoxy) is 1. The Kier molecular flexibility index (Phi) is 8.96. The van der Waals surface area contributed by atoms with Crippen LogP contribution >= 0.6 is 0 Å². The van der Waals surface area contributed by atoms with Crippen LogP contribution in [-0.4, -0.2) is 6.61 Å². The van der Waals surface area contributed by atoms with Crippen molar-refractivity contribution in [1.29, 1.82) is 0 Å². The van der Waals surface area contributed by atoms with Gasteiger partial charge in [0.1, 0.15) is 11.3 Å². The summed E-state index contributed by atoms with van der Waals surface area (Å²) < 4.78 is 11.5. The van der Waals surface area contributed by atoms with Gasteiger partial charge in [0.25, 0.3) is 0 Å². The van der Waals surface area contributed by atoms with Gasteiger partial charge in [0, 0.05) is 11.5 Å². The average Bonchev–Trinajstić information content (AvgIpc) is 2.79. The highest BCUT2D eigenvalue weighted by Gasteiger charge is 2.09. The summed E-state index contributed by atoms with van der Waals surface area (Å²) in [5, 5.41) is 0.900. The van der Waals surface area contributed by atoms with Crippen molar-refractivity contribution in [2.45, 2.75) is 65.2 Å². The summed E-state index contributed by atoms with van der Waals surface area (Å²) in [6.45, 7) is 5.04. The summed E-state index contributed by atoms with van der Waals surface area (Å²) in [6, 6.07) is 15.9. The van der Waals surface area contributed by atoms with Gasteiger partial charge in [0.05, 0.1) is 12.2 Å². The summed E-state index contributed by atoms with van der Waals surface area (Å²) in [5.41, 5.74) is 3.05. The molecule has 0 radical (unpaired) electrons. The molecule has 1 heterocycles. The number of hydrogen-bond donors (Lipinski definition) is 0. The molecule has 0 fully saturated rings. The fraction of sp³-hybridized carbons (Fsp3) is 0.393. The van der Waals surface area contributed by atoms with Gasteiger partial charge in [0.2, 0.25) is 0 Å². The number of fused-ring (bicyclic) bond motifs is 1. The maximum Gasteiger partial charge on any atom is 0.344 e. The standard InChI is InChI=1S/C28H34O3/c1-3-5-7-8-9-11-19-30-25-18-17-24-20-26(28(29)31-27(24)21-25)23-15-13-22(14-16-23)12-10-6-4-2/h7-8,13-18,20-21H,3-6,9-12,19H2,1-2H3/b8-7+. The summed E-state index contributed by atoms with van der Waals surface area (Å²) in [4.78, 5) is 12.6. The Bertz CT molecular complexity index is 1030. The lowest BCUT2D eigenvalue weighted by Crippen LogP contribution is -2.03. The molecule has 164 valence electrons. The SMILES string of the molecule is CCC/C=C/CCCOc1ccc2cc(-c3ccc(CCCCC)cc3)c(=O)oc2c1. The highest BCUT2D eigenvalue weighted by Crippen LogP contribution is 2.25. The molecule has 0 aliphatic rings. The average molecular weight is 419 g/mol. The van der Waals surface area contributed by atoms with Crippen molar-refractivity contribution < 1.29 is 9.15 Å². The van der Waals surface area contributed by atoms with Crippen LogP contribution in [0.2, 0.25) is 0 Å². The molecule has 3 aromatic rings. The second-order valence-corrected chi connectivity index (χ2v) is 8.05. The maximum atomic E-state index is 12.6. The monoisotopic (exact) mass is 418 g/mol. The minimum absolute atomic E-state index is 0.315. The summed E-state index contributed by atoms with van der Waals surface area (Å²) in [7, 11) is 0. The molecule has 0 aliphatic heterocycles. The molecule has 1 aromatic heterocycles. The van der Waals surface area contributed by atoms with E-state index in [1.807, 2.05) is 36.4 Å². The maximum absolute atomic E-state index is 12.6. The van der Waals surface area contributed by atoms with Gasteiger partial charge in [-0.3, -0.25) is 0 Å². The van der Waals surface area contributed by atoms with E-state index in [1.165, 1.54) is 31.2 Å². The Morgan fingerprint density at radius 2 is 1.68 bits per heavy atom. The number of allylic oxidation sites excluding steroid dienone is 2. The van der Waals surface area contributed by atoms with Crippen molar-refractivity contribution in [2.24, 2.45) is 0 Å². The molecule has 3 nitrogen and oxygen atoms in total. The van der Waals surface area contributed by atoms with Crippen molar-refractivity contribution in [3.05, 3.63) is 76.7 Å². The molecule has 31 heavy (non-hydrogen) atoms. The summed E-state index contributed by atoms with van der Waals surface area (Å²) in [6.07, 6.45) is 13.5. The summed E-state index contributed by atoms with van der Waals surface area (Å²) >= 11 is 0. The zero-order valence-corrected chi connectivity index (χ0v) is 18.9. The van der Waals surface area contributed by atoms with Crippen molar-refractivity contribution in [3.8, 4) is 16.9 Å². The van der Waals surface area contributed by atoms with Gasteiger partial charge in [-0.15, -0.1) is 0 Å². The third kappa shape index (κ3) is 6.85. The van der Waals surface area contributed by atoms with Gasteiger partial charge >= 0.3 is 5.63 Å². The Morgan fingerprint density at radius 1 is 0.871 bits per heavy atom. The second kappa shape index (κ2) is 12.1. The van der Waals surface area contributed by atoms with Crippen molar-refractivity contribution in [3.63, 3.8) is 0 Å². The minimum atomic E-state index is -0.315. The molecule has 0 unspecified atom stereocenters. The zero-order valence-electron chi connectivity index (χ0n) is 18.9. The van der Waals surface area contributed by atoms with Gasteiger partial charge in [-0.1, -0.05) is 69.5 Å². The fourth-order valence-corrected chi connectivity index (χ4v) is 3.61. The molecule has 0 spiro atoms. The molecule has 2 aromatic carbocycles. The number of unbranched alkanes of at least 4 members (excludes halogenated alkanes) is 4. The van der Waals surface area contributed by atoms with Crippen LogP contribution in [0.3, 0.4) is 0 Å². The van der Waals surface area contributed by atoms with Gasteiger partial charge < -0.3 is 9.15 Å². The highest BCUT2D eigenvalue weighted by molar-refractivity contribution is 5.82. The van der Waals surface area contributed by atoms with E-state index in [4.69, 9.17) is 9.15 Å². The second-order valence-electron chi connectivity index (χ2n) is 8.05. The molecule has 0 aliphatic carbocycles. The lowest BCUT2D eigenvalue weighted by atomic mass is 10.0. The summed E-state index contributed by atoms with van der Waals surface area (Å²) in [5.74, 6) is 0.734. The number of hydrogen-bond acceptors (Lipinski definition) is 3. The first-order chi connectivity index (χ1) is 15.2. The molecule has 0 bridgehead atoms. The third-order valence-corrected chi connectivity index (χ3v) is 5.45. The highest BCUT2D eigenvalue weighted by atomic mass is 16.5. The van der Waals surface area contributed by atoms with E-state index in [2.05, 4.69) is 38.1 Å². The minimum Gasteiger partial charge on any atom is -0.493 e. The van der Waals surface area contributed by atoms with E-state index in [0.29, 0.717) is 17.8 Å². The molecular formula is C28H34O3. The predicted molar refractivity (Wildman–Crippen MR) is 130 cm³/mol. The van der Waals surface area contributed by atoms with Crippen LogP contribution in [0.15, 0.2) is 69.9 Å². The lowest BCUT2D eigenvalue weighted by molar-refractivity contribution is 0.312. The molecule has 0 atom stereocenters. The first-order valence-electron chi connectivity index (χ1n) is 11.7. The lowest BCUT2D eigenvalue weighted by Gasteiger charge is -2.08. The van der Waals surface area contributed by atoms with Crippen molar-refractivity contribution >= 4 is 11.0 Å². The Balaban J connectivity index is 1.65. The largest absolute Gasteiger partial charge is 0.493 e. The Labute approximate surface area is 185 Å². The molecule has 3 heteroatoms. The zero-order chi connectivity index (χ0) is 21.9. The van der Waals surface area contributed by atoms with Gasteiger partial charge in [-0.05, 0) is 61.4 Å². The van der Waals surface area contributed by atoms with E-state index < -0.39 is 0 Å². The molecule has 0 amide bonds. The van der Waals surface area contributed by atoms with E-state index in [-0.39, 0.29) is 5.63 Å². The van der Waals surface area contributed by atoms with Crippen LogP contribution in [0, 0.1) is 0 Å². The first-order valence-corrected chi connectivity index (χ1v) is 11.7. The van der Waals surface area contributed by atoms with Crippen LogP contribution in [0.1, 0.15) is 64.4 Å². The van der Waals surface area contributed by atoms with Gasteiger partial charge in [-0.2, -0.15) is 0 Å². The molecule has 0 saturated heterocycles. The van der Waals surface area contributed by atoms with Crippen LogP contribution < -0.4 is 10.4 Å². The predicted octanol–water partition coefficient (Wildman–Crippen LogP) is 7.71. The first kappa shape index (κ1) is 22.9. The number of benzene rings is 2. The number of aryl methyl sites for hydroxylation is 1. The normalized spacial score (nSPS) is 11.4. The Morgan fingerprint density at radius 3 is 2.45 bits per heavy atom. The number of rotatable bonds is 12. The van der Waals surface area contributed by atoms with Gasteiger partial charge in [0.15, 0.2) is 0 Å². The van der Waals surface area contributed by atoms with Crippen LogP contribution in [0.4, 0.5) is 0 Å². The molecule has 3 rings (SSSR count). The van der Waals surface area contributed by atoms with Crippen LogP contribution in [-0.2, 0) is 6.42 Å². The third-order valence-electron chi connectivity index (χ3n) is 5.45. The van der Waals surface area contributed by atoms with E-state index in [9.17, 15) is 4.79 Å². The van der Waals surface area contributed by atoms with E-state index in [0.717, 1.165) is 42.4 Å². The van der Waals surface area contributed by atoms with Crippen LogP contribution in [0.25, 0.3) is 22.1 Å². The quantitative estimate of drug-likeness (QED) is 0.172. The fourth-order valence-electron chi connectivity index (χ4n) is 3.61. The molecule has 0 saturated carbocycles. The van der Waals surface area contributed by atoms with E-state index >= 15 is 0 Å². The topological polar surface area (TPSA) is 39.4 Å². The van der Waals surface area contributed by atoms with Crippen molar-refractivity contribution in [2.75, 3.05) is 6.61 Å². The Hall–Kier alpha value is -2.81. The van der Waals surface area contributed by atoms with Gasteiger partial charge in [-0.25, -0.2) is 4.79 Å².